The van der Waals surface area contributed by atoms with Crippen molar-refractivity contribution in [2.45, 2.75) is 6.54 Å². The van der Waals surface area contributed by atoms with Gasteiger partial charge in [-0.2, -0.15) is 4.68 Å². The fourth-order valence-corrected chi connectivity index (χ4v) is 2.11. The second-order valence-electron chi connectivity index (χ2n) is 4.96. The first kappa shape index (κ1) is 16.8. The third kappa shape index (κ3) is 4.51. The molecule has 0 aliphatic heterocycles. The topological polar surface area (TPSA) is 99.5 Å². The van der Waals surface area contributed by atoms with Crippen LogP contribution in [-0.4, -0.2) is 28.8 Å². The monoisotopic (exact) mass is 363 g/mol. The number of halogens is 1. The van der Waals surface area contributed by atoms with Gasteiger partial charge >= 0.3 is 5.76 Å². The highest BCUT2D eigenvalue weighted by atomic mass is 35.5. The summed E-state index contributed by atoms with van der Waals surface area (Å²) in [6.45, 7) is 0.293. The molecular formula is C16H14ClN3O5. The minimum Gasteiger partial charge on any atom is -0.492 e. The zero-order valence-corrected chi connectivity index (χ0v) is 13.7. The summed E-state index contributed by atoms with van der Waals surface area (Å²) in [6.07, 6.45) is 1.43. The third-order valence-electron chi connectivity index (χ3n) is 3.14. The lowest BCUT2D eigenvalue weighted by Crippen LogP contribution is -2.33. The van der Waals surface area contributed by atoms with Crippen molar-refractivity contribution in [3.63, 3.8) is 0 Å². The van der Waals surface area contributed by atoms with Crippen LogP contribution >= 0.6 is 11.6 Å². The zero-order chi connectivity index (χ0) is 17.6. The summed E-state index contributed by atoms with van der Waals surface area (Å²) in [6, 6.07) is 10.1. The van der Waals surface area contributed by atoms with Crippen molar-refractivity contribution in [2.24, 2.45) is 0 Å². The molecule has 0 aliphatic carbocycles. The Balaban J connectivity index is 1.46. The van der Waals surface area contributed by atoms with E-state index in [2.05, 4.69) is 10.4 Å². The van der Waals surface area contributed by atoms with Gasteiger partial charge in [0.05, 0.1) is 12.8 Å². The molecule has 8 nitrogen and oxygen atoms in total. The van der Waals surface area contributed by atoms with E-state index in [4.69, 9.17) is 25.2 Å². The molecule has 3 aromatic rings. The maximum absolute atomic E-state index is 11.9. The van der Waals surface area contributed by atoms with E-state index in [9.17, 15) is 9.59 Å². The lowest BCUT2D eigenvalue weighted by atomic mass is 10.3. The Bertz CT molecular complexity index is 883. The lowest BCUT2D eigenvalue weighted by Gasteiger charge is -2.07. The molecule has 0 saturated heterocycles. The molecule has 0 radical (unpaired) electrons. The number of benzene rings is 1. The highest BCUT2D eigenvalue weighted by Crippen LogP contribution is 2.15. The van der Waals surface area contributed by atoms with Gasteiger partial charge in [-0.25, -0.2) is 4.79 Å². The van der Waals surface area contributed by atoms with Crippen molar-refractivity contribution >= 4 is 17.5 Å². The second kappa shape index (κ2) is 7.71. The average Bonchev–Trinajstić information content (AvgIpc) is 3.24. The normalized spacial score (nSPS) is 10.6. The molecule has 0 fully saturated rings. The average molecular weight is 364 g/mol. The van der Waals surface area contributed by atoms with Crippen molar-refractivity contribution in [1.82, 2.24) is 15.1 Å². The van der Waals surface area contributed by atoms with Gasteiger partial charge in [0.25, 0.3) is 5.89 Å². The number of carbonyl (C=O) groups is 1. The molecular weight excluding hydrogens is 350 g/mol. The molecule has 1 amide bonds. The van der Waals surface area contributed by atoms with Gasteiger partial charge in [-0.15, -0.1) is 5.10 Å². The summed E-state index contributed by atoms with van der Waals surface area (Å²) in [7, 11) is 0. The smallest absolute Gasteiger partial charge is 0.437 e. The van der Waals surface area contributed by atoms with Crippen LogP contribution in [0.3, 0.4) is 0 Å². The summed E-state index contributed by atoms with van der Waals surface area (Å²) in [5.41, 5.74) is 0. The fraction of sp³-hybridized carbons (Fsp3) is 0.188. The number of furan rings is 1. The van der Waals surface area contributed by atoms with E-state index in [-0.39, 0.29) is 31.5 Å². The van der Waals surface area contributed by atoms with Crippen LogP contribution in [-0.2, 0) is 11.3 Å². The lowest BCUT2D eigenvalue weighted by molar-refractivity contribution is -0.122. The predicted molar refractivity (Wildman–Crippen MR) is 88.4 cm³/mol. The molecule has 0 bridgehead atoms. The van der Waals surface area contributed by atoms with Gasteiger partial charge in [-0.1, -0.05) is 11.6 Å². The van der Waals surface area contributed by atoms with Crippen molar-refractivity contribution in [1.29, 1.82) is 0 Å². The first-order valence-electron chi connectivity index (χ1n) is 7.39. The third-order valence-corrected chi connectivity index (χ3v) is 3.39. The molecule has 130 valence electrons. The van der Waals surface area contributed by atoms with Crippen molar-refractivity contribution in [2.75, 3.05) is 13.2 Å². The molecule has 1 N–H and O–H groups in total. The van der Waals surface area contributed by atoms with Crippen LogP contribution in [0.25, 0.3) is 11.7 Å². The van der Waals surface area contributed by atoms with Crippen LogP contribution < -0.4 is 15.8 Å². The first-order chi connectivity index (χ1) is 12.1. The Kier molecular flexibility index (Phi) is 5.20. The number of hydrogen-bond donors (Lipinski definition) is 1. The minimum absolute atomic E-state index is 0.0221. The molecule has 0 saturated carbocycles. The standard InChI is InChI=1S/C16H14ClN3O5/c17-11-3-5-12(6-4-11)23-9-7-18-14(21)10-20-16(22)25-15(19-20)13-2-1-8-24-13/h1-6,8H,7,9-10H2,(H,18,21). The molecule has 2 aromatic heterocycles. The number of nitrogens with zero attached hydrogens (tertiary/aromatic N) is 2. The first-order valence-corrected chi connectivity index (χ1v) is 7.76. The van der Waals surface area contributed by atoms with Crippen molar-refractivity contribution < 1.29 is 18.4 Å². The Morgan fingerprint density at radius 2 is 2.08 bits per heavy atom. The quantitative estimate of drug-likeness (QED) is 0.644. The number of carbonyl (C=O) groups excluding carboxylic acids is 1. The van der Waals surface area contributed by atoms with Crippen molar-refractivity contribution in [3.8, 4) is 17.4 Å². The summed E-state index contributed by atoms with van der Waals surface area (Å²) < 4.78 is 16.4. The van der Waals surface area contributed by atoms with E-state index in [0.717, 1.165) is 4.68 Å². The van der Waals surface area contributed by atoms with Crippen LogP contribution in [0.15, 0.2) is 56.3 Å². The van der Waals surface area contributed by atoms with Gasteiger partial charge in [0.2, 0.25) is 5.91 Å². The summed E-state index contributed by atoms with van der Waals surface area (Å²) in [5.74, 6) is -0.143. The van der Waals surface area contributed by atoms with E-state index in [0.29, 0.717) is 16.5 Å². The van der Waals surface area contributed by atoms with Gasteiger partial charge in [0.15, 0.2) is 5.76 Å². The number of nitrogens with one attached hydrogen (secondary N) is 1. The van der Waals surface area contributed by atoms with Crippen LogP contribution in [0.1, 0.15) is 0 Å². The summed E-state index contributed by atoms with van der Waals surface area (Å²) in [4.78, 5) is 23.6. The largest absolute Gasteiger partial charge is 0.492 e. The van der Waals surface area contributed by atoms with Crippen LogP contribution in [0, 0.1) is 0 Å². The Hall–Kier alpha value is -3.00. The molecule has 1 aromatic carbocycles. The van der Waals surface area contributed by atoms with Crippen molar-refractivity contribution in [3.05, 3.63) is 58.2 Å². The molecule has 0 unspecified atom stereocenters. The number of aromatic nitrogens is 2. The summed E-state index contributed by atoms with van der Waals surface area (Å²) >= 11 is 5.78. The molecule has 9 heteroatoms. The number of hydrogen-bond acceptors (Lipinski definition) is 6. The zero-order valence-electron chi connectivity index (χ0n) is 13.0. The van der Waals surface area contributed by atoms with Gasteiger partial charge in [-0.3, -0.25) is 4.79 Å². The molecule has 25 heavy (non-hydrogen) atoms. The van der Waals surface area contributed by atoms with E-state index in [1.807, 2.05) is 0 Å². The van der Waals surface area contributed by atoms with Crippen LogP contribution in [0.4, 0.5) is 0 Å². The molecule has 0 atom stereocenters. The Morgan fingerprint density at radius 1 is 1.28 bits per heavy atom. The van der Waals surface area contributed by atoms with E-state index in [1.165, 1.54) is 6.26 Å². The van der Waals surface area contributed by atoms with E-state index < -0.39 is 5.76 Å². The maximum Gasteiger partial charge on any atom is 0.437 e. The minimum atomic E-state index is -0.737. The number of ether oxygens (including phenoxy) is 1. The number of rotatable bonds is 7. The highest BCUT2D eigenvalue weighted by molar-refractivity contribution is 6.30. The second-order valence-corrected chi connectivity index (χ2v) is 5.40. The van der Waals surface area contributed by atoms with Crippen LogP contribution in [0.2, 0.25) is 5.02 Å². The molecule has 3 rings (SSSR count). The fourth-order valence-electron chi connectivity index (χ4n) is 1.99. The van der Waals surface area contributed by atoms with E-state index in [1.54, 1.807) is 36.4 Å². The van der Waals surface area contributed by atoms with E-state index >= 15 is 0 Å². The molecule has 2 heterocycles. The summed E-state index contributed by atoms with van der Waals surface area (Å²) in [5, 5.41) is 7.16. The van der Waals surface area contributed by atoms with Gasteiger partial charge in [-0.05, 0) is 36.4 Å². The molecule has 0 aliphatic rings. The maximum atomic E-state index is 11.9. The SMILES string of the molecule is O=C(Cn1nc(-c2ccco2)oc1=O)NCCOc1ccc(Cl)cc1. The molecule has 0 spiro atoms. The highest BCUT2D eigenvalue weighted by Gasteiger charge is 2.14. The number of amides is 1. The van der Waals surface area contributed by atoms with Gasteiger partial charge in [0, 0.05) is 5.02 Å². The van der Waals surface area contributed by atoms with Gasteiger partial charge < -0.3 is 18.9 Å². The Morgan fingerprint density at radius 3 is 2.80 bits per heavy atom. The van der Waals surface area contributed by atoms with Gasteiger partial charge in [0.1, 0.15) is 18.9 Å². The van der Waals surface area contributed by atoms with Crippen LogP contribution in [0.5, 0.6) is 5.75 Å². The predicted octanol–water partition coefficient (Wildman–Crippen LogP) is 1.94. The Labute approximate surface area is 147 Å².